The molecule has 0 unspecified atom stereocenters. The van der Waals surface area contributed by atoms with Gasteiger partial charge in [0.1, 0.15) is 0 Å². The van der Waals surface area contributed by atoms with Crippen LogP contribution in [0.5, 0.6) is 11.5 Å². The number of nitrogens with zero attached hydrogens (tertiary/aromatic N) is 1. The molecule has 7 nitrogen and oxygen atoms in total. The molecule has 0 radical (unpaired) electrons. The number of carbonyl (C=O) groups excluding carboxylic acids is 1. The van der Waals surface area contributed by atoms with Gasteiger partial charge in [-0.05, 0) is 54.3 Å². The average molecular weight is 474 g/mol. The number of rotatable bonds is 8. The molecule has 1 aliphatic rings. The molecule has 3 aromatic rings. The van der Waals surface area contributed by atoms with Crippen LogP contribution in [0.15, 0.2) is 72.5 Å². The van der Waals surface area contributed by atoms with Gasteiger partial charge in [0.25, 0.3) is 5.91 Å². The molecule has 0 aliphatic carbocycles. The smallest absolute Gasteiger partial charge is 0.335 e. The summed E-state index contributed by atoms with van der Waals surface area (Å²) in [6.07, 6.45) is 0.518. The van der Waals surface area contributed by atoms with E-state index in [9.17, 15) is 19.8 Å². The number of aliphatic hydroxyl groups is 1. The lowest BCUT2D eigenvalue weighted by atomic mass is 9.92. The van der Waals surface area contributed by atoms with Crippen LogP contribution < -0.4 is 9.47 Å². The molecule has 0 saturated carbocycles. The third kappa shape index (κ3) is 4.71. The molecule has 0 bridgehead atoms. The minimum atomic E-state index is -1.03. The standard InChI is InChI=1S/C28H27NO6/c1-17-4-7-19(8-5-17)24-25(20-9-11-21(12-10-20)28(32)33)29(27(31)26(24)30)15-14-18-6-13-22(34-2)23(16-18)35-3/h4-13,16,25,30H,14-15H2,1-3H3,(H,32,33)/t25-/m1/s1. The van der Waals surface area contributed by atoms with Crippen molar-refractivity contribution in [2.75, 3.05) is 20.8 Å². The van der Waals surface area contributed by atoms with Crippen molar-refractivity contribution in [2.24, 2.45) is 0 Å². The first-order valence-corrected chi connectivity index (χ1v) is 11.2. The summed E-state index contributed by atoms with van der Waals surface area (Å²) >= 11 is 0. The molecule has 3 aromatic carbocycles. The van der Waals surface area contributed by atoms with Gasteiger partial charge in [-0.2, -0.15) is 0 Å². The minimum Gasteiger partial charge on any atom is -0.503 e. The molecule has 7 heteroatoms. The maximum Gasteiger partial charge on any atom is 0.335 e. The van der Waals surface area contributed by atoms with Gasteiger partial charge in [0.15, 0.2) is 17.3 Å². The fraction of sp³-hybridized carbons (Fsp3) is 0.214. The van der Waals surface area contributed by atoms with E-state index in [4.69, 9.17) is 9.47 Å². The summed E-state index contributed by atoms with van der Waals surface area (Å²) in [5.74, 6) is -0.575. The Morgan fingerprint density at radius 2 is 1.60 bits per heavy atom. The second kappa shape index (κ2) is 9.93. The molecule has 0 spiro atoms. The third-order valence-electron chi connectivity index (χ3n) is 6.23. The molecule has 2 N–H and O–H groups in total. The van der Waals surface area contributed by atoms with E-state index in [0.29, 0.717) is 30.0 Å². The van der Waals surface area contributed by atoms with Crippen molar-refractivity contribution in [1.82, 2.24) is 4.90 Å². The van der Waals surface area contributed by atoms with Gasteiger partial charge in [-0.3, -0.25) is 4.79 Å². The first-order valence-electron chi connectivity index (χ1n) is 11.2. The summed E-state index contributed by atoms with van der Waals surface area (Å²) in [6, 6.07) is 19.0. The van der Waals surface area contributed by atoms with E-state index < -0.39 is 17.9 Å². The maximum atomic E-state index is 13.2. The highest BCUT2D eigenvalue weighted by Gasteiger charge is 2.40. The number of aryl methyl sites for hydroxylation is 1. The van der Waals surface area contributed by atoms with E-state index in [1.807, 2.05) is 49.4 Å². The van der Waals surface area contributed by atoms with E-state index in [2.05, 4.69) is 0 Å². The van der Waals surface area contributed by atoms with E-state index in [-0.39, 0.29) is 11.3 Å². The summed E-state index contributed by atoms with van der Waals surface area (Å²) < 4.78 is 10.7. The molecule has 0 saturated heterocycles. The lowest BCUT2D eigenvalue weighted by Crippen LogP contribution is -2.32. The Balaban J connectivity index is 1.70. The average Bonchev–Trinajstić information content (AvgIpc) is 3.12. The van der Waals surface area contributed by atoms with Crippen molar-refractivity contribution in [1.29, 1.82) is 0 Å². The third-order valence-corrected chi connectivity index (χ3v) is 6.23. The highest BCUT2D eigenvalue weighted by molar-refractivity contribution is 6.05. The summed E-state index contributed by atoms with van der Waals surface area (Å²) in [5, 5.41) is 20.2. The summed E-state index contributed by atoms with van der Waals surface area (Å²) in [6.45, 7) is 2.30. The Morgan fingerprint density at radius 3 is 2.20 bits per heavy atom. The monoisotopic (exact) mass is 473 g/mol. The number of carboxylic acid groups (broad SMARTS) is 1. The van der Waals surface area contributed by atoms with Crippen LogP contribution in [0, 0.1) is 6.92 Å². The van der Waals surface area contributed by atoms with Crippen molar-refractivity contribution in [3.63, 3.8) is 0 Å². The molecule has 1 atom stereocenters. The predicted octanol–water partition coefficient (Wildman–Crippen LogP) is 4.81. The number of benzene rings is 3. The highest BCUT2D eigenvalue weighted by atomic mass is 16.5. The van der Waals surface area contributed by atoms with Crippen LogP contribution >= 0.6 is 0 Å². The summed E-state index contributed by atoms with van der Waals surface area (Å²) in [5.41, 5.74) is 4.12. The number of hydrogen-bond donors (Lipinski definition) is 2. The Morgan fingerprint density at radius 1 is 0.943 bits per heavy atom. The van der Waals surface area contributed by atoms with Crippen LogP contribution in [-0.2, 0) is 11.2 Å². The lowest BCUT2D eigenvalue weighted by molar-refractivity contribution is -0.129. The highest BCUT2D eigenvalue weighted by Crippen LogP contribution is 2.43. The van der Waals surface area contributed by atoms with Crippen molar-refractivity contribution in [3.8, 4) is 11.5 Å². The molecule has 1 aliphatic heterocycles. The molecule has 4 rings (SSSR count). The van der Waals surface area contributed by atoms with Gasteiger partial charge in [-0.15, -0.1) is 0 Å². The first-order chi connectivity index (χ1) is 16.8. The first kappa shape index (κ1) is 23.9. The van der Waals surface area contributed by atoms with Crippen LogP contribution in [-0.4, -0.2) is 47.8 Å². The Kier molecular flexibility index (Phi) is 6.78. The second-order valence-electron chi connectivity index (χ2n) is 8.40. The molecule has 35 heavy (non-hydrogen) atoms. The van der Waals surface area contributed by atoms with Gasteiger partial charge >= 0.3 is 5.97 Å². The Labute approximate surface area is 203 Å². The summed E-state index contributed by atoms with van der Waals surface area (Å²) in [7, 11) is 3.14. The molecule has 0 fully saturated rings. The topological polar surface area (TPSA) is 96.3 Å². The van der Waals surface area contributed by atoms with E-state index in [0.717, 1.165) is 22.3 Å². The molecular formula is C28H27NO6. The fourth-order valence-electron chi connectivity index (χ4n) is 4.35. The molecule has 1 heterocycles. The minimum absolute atomic E-state index is 0.153. The quantitative estimate of drug-likeness (QED) is 0.488. The number of carboxylic acids is 1. The predicted molar refractivity (Wildman–Crippen MR) is 132 cm³/mol. The number of aliphatic hydroxyl groups excluding tert-OH is 1. The van der Waals surface area contributed by atoms with Crippen molar-refractivity contribution in [2.45, 2.75) is 19.4 Å². The zero-order chi connectivity index (χ0) is 25.1. The molecular weight excluding hydrogens is 446 g/mol. The Bertz CT molecular complexity index is 1280. The zero-order valence-electron chi connectivity index (χ0n) is 19.8. The van der Waals surface area contributed by atoms with Crippen LogP contribution in [0.4, 0.5) is 0 Å². The number of hydrogen-bond acceptors (Lipinski definition) is 5. The van der Waals surface area contributed by atoms with E-state index in [1.165, 1.54) is 12.1 Å². The van der Waals surface area contributed by atoms with Gasteiger partial charge in [0, 0.05) is 12.1 Å². The molecule has 180 valence electrons. The number of amides is 1. The van der Waals surface area contributed by atoms with Gasteiger partial charge in [0.2, 0.25) is 0 Å². The van der Waals surface area contributed by atoms with Crippen molar-refractivity contribution >= 4 is 17.4 Å². The molecule has 0 aromatic heterocycles. The molecule has 1 amide bonds. The van der Waals surface area contributed by atoms with E-state index in [1.54, 1.807) is 31.3 Å². The van der Waals surface area contributed by atoms with Crippen LogP contribution in [0.3, 0.4) is 0 Å². The number of methoxy groups -OCH3 is 2. The number of carbonyl (C=O) groups is 2. The normalized spacial score (nSPS) is 15.5. The summed E-state index contributed by atoms with van der Waals surface area (Å²) in [4.78, 5) is 26.2. The fourth-order valence-corrected chi connectivity index (χ4v) is 4.35. The van der Waals surface area contributed by atoms with Crippen LogP contribution in [0.1, 0.15) is 38.7 Å². The van der Waals surface area contributed by atoms with Gasteiger partial charge in [-0.1, -0.05) is 48.0 Å². The van der Waals surface area contributed by atoms with Crippen LogP contribution in [0.25, 0.3) is 5.57 Å². The van der Waals surface area contributed by atoms with Crippen molar-refractivity contribution < 1.29 is 29.3 Å². The van der Waals surface area contributed by atoms with Gasteiger partial charge in [-0.25, -0.2) is 4.79 Å². The van der Waals surface area contributed by atoms with Crippen molar-refractivity contribution in [3.05, 3.63) is 100 Å². The number of aromatic carboxylic acids is 1. The second-order valence-corrected chi connectivity index (χ2v) is 8.40. The lowest BCUT2D eigenvalue weighted by Gasteiger charge is -2.27. The number of ether oxygens (including phenoxy) is 2. The van der Waals surface area contributed by atoms with Crippen LogP contribution in [0.2, 0.25) is 0 Å². The zero-order valence-corrected chi connectivity index (χ0v) is 19.8. The van der Waals surface area contributed by atoms with E-state index >= 15 is 0 Å². The maximum absolute atomic E-state index is 13.2. The largest absolute Gasteiger partial charge is 0.503 e. The van der Waals surface area contributed by atoms with Gasteiger partial charge < -0.3 is 24.6 Å². The Hall–Kier alpha value is -4.26. The van der Waals surface area contributed by atoms with Gasteiger partial charge in [0.05, 0.1) is 25.8 Å². The SMILES string of the molecule is COc1ccc(CCN2C(=O)C(O)=C(c3ccc(C)cc3)[C@H]2c2ccc(C(=O)O)cc2)cc1OC.